The lowest BCUT2D eigenvalue weighted by Gasteiger charge is -2.18. The zero-order valence-corrected chi connectivity index (χ0v) is 22.8. The summed E-state index contributed by atoms with van der Waals surface area (Å²) in [6.45, 7) is 0. The quantitative estimate of drug-likeness (QED) is 0.191. The predicted octanol–water partition coefficient (Wildman–Crippen LogP) is 5.76. The fraction of sp³-hybridized carbons (Fsp3) is 0.188. The number of nitrogens with zero attached hydrogens (tertiary/aromatic N) is 3. The zero-order valence-electron chi connectivity index (χ0n) is 22.8. The van der Waals surface area contributed by atoms with Crippen molar-refractivity contribution in [3.05, 3.63) is 107 Å². The number of benzene rings is 1. The third kappa shape index (κ3) is 4.44. The van der Waals surface area contributed by atoms with Gasteiger partial charge in [0.05, 0.1) is 34.4 Å². The maximum atomic E-state index is 16.6. The molecular formula is C32H26F2N8O. The average molecular weight is 577 g/mol. The summed E-state index contributed by atoms with van der Waals surface area (Å²) in [6.07, 6.45) is 13.7. The number of pyridine rings is 2. The van der Waals surface area contributed by atoms with Gasteiger partial charge < -0.3 is 26.3 Å². The van der Waals surface area contributed by atoms with Crippen molar-refractivity contribution in [2.45, 2.75) is 31.8 Å². The van der Waals surface area contributed by atoms with Crippen LogP contribution in [-0.2, 0) is 4.79 Å². The van der Waals surface area contributed by atoms with E-state index in [0.29, 0.717) is 45.5 Å². The SMILES string of the molecule is O=C(Nc1cncc(-c2cnc3c(c2F)C(c2nc4c([nH]2)C(c2cccc(F)c2)=CC=CN4)=C2NC2N3)c1)C1CCCC1. The van der Waals surface area contributed by atoms with Crippen molar-refractivity contribution in [3.8, 4) is 11.1 Å². The highest BCUT2D eigenvalue weighted by molar-refractivity contribution is 5.95. The van der Waals surface area contributed by atoms with Gasteiger partial charge in [0.15, 0.2) is 5.82 Å². The Bertz CT molecular complexity index is 1900. The highest BCUT2D eigenvalue weighted by Gasteiger charge is 2.42. The molecule has 9 nitrogen and oxygen atoms in total. The number of hydrogen-bond donors (Lipinski definition) is 5. The van der Waals surface area contributed by atoms with Crippen LogP contribution < -0.4 is 21.3 Å². The Morgan fingerprint density at radius 2 is 1.88 bits per heavy atom. The van der Waals surface area contributed by atoms with Gasteiger partial charge in [-0.15, -0.1) is 0 Å². The van der Waals surface area contributed by atoms with Gasteiger partial charge in [-0.2, -0.15) is 0 Å². The van der Waals surface area contributed by atoms with Crippen LogP contribution in [0.4, 0.5) is 26.1 Å². The van der Waals surface area contributed by atoms with Gasteiger partial charge >= 0.3 is 0 Å². The minimum absolute atomic E-state index is 0.00489. The van der Waals surface area contributed by atoms with E-state index in [0.717, 1.165) is 37.0 Å². The molecule has 11 heteroatoms. The predicted molar refractivity (Wildman–Crippen MR) is 159 cm³/mol. The number of amides is 1. The van der Waals surface area contributed by atoms with E-state index in [9.17, 15) is 9.18 Å². The number of imidazole rings is 1. The van der Waals surface area contributed by atoms with Crippen LogP contribution >= 0.6 is 0 Å². The summed E-state index contributed by atoms with van der Waals surface area (Å²) in [5, 5.41) is 12.6. The van der Waals surface area contributed by atoms with Gasteiger partial charge in [-0.1, -0.05) is 31.1 Å². The molecule has 43 heavy (non-hydrogen) atoms. The van der Waals surface area contributed by atoms with Crippen LogP contribution in [0.3, 0.4) is 0 Å². The number of H-pyrrole nitrogens is 1. The molecule has 1 aliphatic carbocycles. The molecule has 0 bridgehead atoms. The number of rotatable bonds is 5. The van der Waals surface area contributed by atoms with E-state index in [1.807, 2.05) is 18.2 Å². The Hall–Kier alpha value is -5.32. The van der Waals surface area contributed by atoms with E-state index in [2.05, 4.69) is 36.2 Å². The van der Waals surface area contributed by atoms with Gasteiger partial charge in [-0.3, -0.25) is 9.78 Å². The minimum Gasteiger partial charge on any atom is -0.360 e. The summed E-state index contributed by atoms with van der Waals surface area (Å²) in [6, 6.07) is 8.06. The number of fused-ring (bicyclic) bond motifs is 3. The minimum atomic E-state index is -0.492. The van der Waals surface area contributed by atoms with Crippen LogP contribution in [0.5, 0.6) is 0 Å². The number of hydrogen-bond acceptors (Lipinski definition) is 7. The molecule has 3 aromatic heterocycles. The molecule has 214 valence electrons. The summed E-state index contributed by atoms with van der Waals surface area (Å²) in [7, 11) is 0. The molecule has 5 N–H and O–H groups in total. The Labute approximate surface area is 245 Å². The summed E-state index contributed by atoms with van der Waals surface area (Å²) in [5.41, 5.74) is 4.93. The van der Waals surface area contributed by atoms with Crippen molar-refractivity contribution in [1.82, 2.24) is 25.3 Å². The molecule has 1 aromatic carbocycles. The highest BCUT2D eigenvalue weighted by Crippen LogP contribution is 2.45. The molecule has 0 radical (unpaired) electrons. The lowest BCUT2D eigenvalue weighted by atomic mass is 9.97. The van der Waals surface area contributed by atoms with Crippen molar-refractivity contribution in [3.63, 3.8) is 0 Å². The number of halogens is 2. The second-order valence-electron chi connectivity index (χ2n) is 11.1. The molecule has 1 amide bonds. The van der Waals surface area contributed by atoms with Crippen LogP contribution in [0, 0.1) is 17.6 Å². The number of carbonyl (C=O) groups excluding carboxylic acids is 1. The Balaban J connectivity index is 1.18. The van der Waals surface area contributed by atoms with Crippen molar-refractivity contribution in [2.24, 2.45) is 5.92 Å². The molecule has 4 aromatic rings. The smallest absolute Gasteiger partial charge is 0.227 e. The first-order valence-electron chi connectivity index (χ1n) is 14.3. The summed E-state index contributed by atoms with van der Waals surface area (Å²) < 4.78 is 30.7. The lowest BCUT2D eigenvalue weighted by molar-refractivity contribution is -0.119. The summed E-state index contributed by atoms with van der Waals surface area (Å²) in [5.74, 6) is 0.480. The fourth-order valence-electron chi connectivity index (χ4n) is 6.11. The number of allylic oxidation sites excluding steroid dienone is 2. The molecule has 1 atom stereocenters. The molecule has 3 aliphatic heterocycles. The molecule has 6 heterocycles. The lowest BCUT2D eigenvalue weighted by Crippen LogP contribution is -2.20. The van der Waals surface area contributed by atoms with Crippen LogP contribution in [-0.4, -0.2) is 32.0 Å². The van der Waals surface area contributed by atoms with Gasteiger partial charge in [-0.05, 0) is 42.7 Å². The van der Waals surface area contributed by atoms with E-state index in [1.54, 1.807) is 30.7 Å². The fourth-order valence-corrected chi connectivity index (χ4v) is 6.11. The molecule has 8 rings (SSSR count). The first-order valence-corrected chi connectivity index (χ1v) is 14.3. The Kier molecular flexibility index (Phi) is 5.85. The molecular weight excluding hydrogens is 550 g/mol. The van der Waals surface area contributed by atoms with E-state index in [4.69, 9.17) is 4.98 Å². The van der Waals surface area contributed by atoms with Crippen molar-refractivity contribution in [1.29, 1.82) is 0 Å². The van der Waals surface area contributed by atoms with Gasteiger partial charge in [-0.25, -0.2) is 18.7 Å². The molecule has 2 fully saturated rings. The maximum absolute atomic E-state index is 16.6. The molecule has 1 unspecified atom stereocenters. The summed E-state index contributed by atoms with van der Waals surface area (Å²) >= 11 is 0. The topological polar surface area (TPSA) is 130 Å². The van der Waals surface area contributed by atoms with Crippen molar-refractivity contribution >= 4 is 34.4 Å². The monoisotopic (exact) mass is 576 g/mol. The Morgan fingerprint density at radius 3 is 2.74 bits per heavy atom. The normalized spacial score (nSPS) is 18.4. The third-order valence-electron chi connectivity index (χ3n) is 8.29. The number of anilines is 3. The molecule has 1 saturated carbocycles. The number of carbonyl (C=O) groups is 1. The van der Waals surface area contributed by atoms with Crippen LogP contribution in [0.2, 0.25) is 0 Å². The van der Waals surface area contributed by atoms with Gasteiger partial charge in [0.2, 0.25) is 5.91 Å². The van der Waals surface area contributed by atoms with E-state index >= 15 is 4.39 Å². The largest absolute Gasteiger partial charge is 0.360 e. The van der Waals surface area contributed by atoms with E-state index in [1.165, 1.54) is 18.3 Å². The van der Waals surface area contributed by atoms with Gasteiger partial charge in [0, 0.05) is 41.2 Å². The Morgan fingerprint density at radius 1 is 1.00 bits per heavy atom. The standard InChI is InChI=1S/C32H26F2N8O/c33-19-8-3-7-17(11-19)21-9-4-10-36-30-26(21)39-29(42-30)24-23-25(34)22(15-37-28(23)41-31-27(24)40-31)18-12-20(14-35-13-18)38-32(43)16-5-1-2-6-16/h3-4,7-16,31,36,40H,1-2,5-6H2,(H,37,41)(H,38,43)(H,39,42). The maximum Gasteiger partial charge on any atom is 0.227 e. The third-order valence-corrected chi connectivity index (χ3v) is 8.29. The average Bonchev–Trinajstić information content (AvgIpc) is 3.42. The van der Waals surface area contributed by atoms with Gasteiger partial charge in [0.1, 0.15) is 29.4 Å². The second kappa shape index (κ2) is 9.90. The zero-order chi connectivity index (χ0) is 29.1. The van der Waals surface area contributed by atoms with Crippen LogP contribution in [0.25, 0.3) is 22.3 Å². The second-order valence-corrected chi connectivity index (χ2v) is 11.1. The van der Waals surface area contributed by atoms with Crippen molar-refractivity contribution in [2.75, 3.05) is 16.0 Å². The molecule has 0 spiro atoms. The van der Waals surface area contributed by atoms with E-state index in [-0.39, 0.29) is 34.9 Å². The first-order chi connectivity index (χ1) is 21.0. The van der Waals surface area contributed by atoms with E-state index < -0.39 is 5.82 Å². The van der Waals surface area contributed by atoms with Crippen LogP contribution in [0.15, 0.2) is 73.0 Å². The summed E-state index contributed by atoms with van der Waals surface area (Å²) in [4.78, 5) is 29.7. The number of aromatic nitrogens is 4. The molecule has 1 saturated heterocycles. The first kappa shape index (κ1) is 25.4. The van der Waals surface area contributed by atoms with Crippen LogP contribution in [0.1, 0.15) is 48.3 Å². The molecule has 4 aliphatic rings. The number of aromatic amines is 1. The highest BCUT2D eigenvalue weighted by atomic mass is 19.1. The van der Waals surface area contributed by atoms with Gasteiger partial charge in [0.25, 0.3) is 0 Å². The van der Waals surface area contributed by atoms with Crippen molar-refractivity contribution < 1.29 is 13.6 Å². The number of nitrogens with one attached hydrogen (secondary N) is 5.